The monoisotopic (exact) mass is 200 g/mol. The van der Waals surface area contributed by atoms with E-state index in [0.717, 1.165) is 6.54 Å². The van der Waals surface area contributed by atoms with E-state index < -0.39 is 0 Å². The van der Waals surface area contributed by atoms with Gasteiger partial charge in [0.1, 0.15) is 0 Å². The van der Waals surface area contributed by atoms with Gasteiger partial charge in [-0.05, 0) is 59.3 Å². The van der Waals surface area contributed by atoms with Crippen LogP contribution < -0.4 is 5.32 Å². The van der Waals surface area contributed by atoms with Gasteiger partial charge >= 0.3 is 0 Å². The van der Waals surface area contributed by atoms with Crippen molar-refractivity contribution in [3.63, 3.8) is 0 Å². The van der Waals surface area contributed by atoms with Crippen LogP contribution >= 0.6 is 0 Å². The summed E-state index contributed by atoms with van der Waals surface area (Å²) in [4.78, 5) is 2.42. The second kappa shape index (κ2) is 6.41. The highest BCUT2D eigenvalue weighted by molar-refractivity contribution is 4.72. The van der Waals surface area contributed by atoms with Gasteiger partial charge in [0.15, 0.2) is 0 Å². The lowest BCUT2D eigenvalue weighted by atomic mass is 9.85. The predicted molar refractivity (Wildman–Crippen MR) is 64.7 cm³/mol. The zero-order chi connectivity index (χ0) is 11.2. The van der Waals surface area contributed by atoms with Crippen molar-refractivity contribution in [2.24, 2.45) is 5.41 Å². The molecule has 0 amide bonds. The molecule has 0 unspecified atom stereocenters. The lowest BCUT2D eigenvalue weighted by Crippen LogP contribution is -2.31. The molecule has 0 bridgehead atoms. The first-order valence-electron chi connectivity index (χ1n) is 5.74. The van der Waals surface area contributed by atoms with Crippen LogP contribution in [0.2, 0.25) is 0 Å². The molecule has 0 heterocycles. The number of nitrogens with one attached hydrogen (secondary N) is 1. The van der Waals surface area contributed by atoms with Gasteiger partial charge in [0.25, 0.3) is 0 Å². The van der Waals surface area contributed by atoms with Crippen molar-refractivity contribution < 1.29 is 0 Å². The van der Waals surface area contributed by atoms with Crippen LogP contribution in [-0.4, -0.2) is 38.1 Å². The molecule has 0 aliphatic heterocycles. The number of nitrogens with zero attached hydrogens (tertiary/aromatic N) is 1. The van der Waals surface area contributed by atoms with Crippen LogP contribution in [0, 0.1) is 5.41 Å². The maximum absolute atomic E-state index is 3.22. The van der Waals surface area contributed by atoms with Gasteiger partial charge in [-0.1, -0.05) is 13.8 Å². The van der Waals surface area contributed by atoms with E-state index in [1.54, 1.807) is 0 Å². The SMILES string of the molecule is CNCCC(C)(C)CCN(C)C(C)C. The Morgan fingerprint density at radius 3 is 2.21 bits per heavy atom. The smallest absolute Gasteiger partial charge is 0.00355 e. The van der Waals surface area contributed by atoms with E-state index >= 15 is 0 Å². The van der Waals surface area contributed by atoms with E-state index in [0.29, 0.717) is 11.5 Å². The third-order valence-corrected chi connectivity index (χ3v) is 3.07. The molecule has 1 N–H and O–H groups in total. The molecule has 0 atom stereocenters. The summed E-state index contributed by atoms with van der Waals surface area (Å²) in [6.45, 7) is 11.5. The Balaban J connectivity index is 3.74. The van der Waals surface area contributed by atoms with Crippen LogP contribution in [-0.2, 0) is 0 Å². The molecule has 0 aromatic carbocycles. The van der Waals surface area contributed by atoms with Gasteiger partial charge in [-0.3, -0.25) is 0 Å². The van der Waals surface area contributed by atoms with Crippen LogP contribution in [0.25, 0.3) is 0 Å². The fourth-order valence-electron chi connectivity index (χ4n) is 1.33. The molecular formula is C12H28N2. The van der Waals surface area contributed by atoms with Gasteiger partial charge in [-0.2, -0.15) is 0 Å². The average molecular weight is 200 g/mol. The van der Waals surface area contributed by atoms with Crippen LogP contribution in [0.15, 0.2) is 0 Å². The maximum atomic E-state index is 3.22. The molecule has 2 nitrogen and oxygen atoms in total. The number of hydrogen-bond donors (Lipinski definition) is 1. The van der Waals surface area contributed by atoms with Gasteiger partial charge in [-0.25, -0.2) is 0 Å². The lowest BCUT2D eigenvalue weighted by molar-refractivity contribution is 0.208. The second-order valence-electron chi connectivity index (χ2n) is 5.34. The highest BCUT2D eigenvalue weighted by Gasteiger charge is 2.18. The van der Waals surface area contributed by atoms with Crippen molar-refractivity contribution >= 4 is 0 Å². The summed E-state index contributed by atoms with van der Waals surface area (Å²) >= 11 is 0. The molecule has 0 aliphatic rings. The van der Waals surface area contributed by atoms with Gasteiger partial charge in [-0.15, -0.1) is 0 Å². The molecule has 0 saturated heterocycles. The molecule has 0 fully saturated rings. The molecule has 0 aliphatic carbocycles. The quantitative estimate of drug-likeness (QED) is 0.678. The van der Waals surface area contributed by atoms with Gasteiger partial charge < -0.3 is 10.2 Å². The van der Waals surface area contributed by atoms with Gasteiger partial charge in [0, 0.05) is 6.04 Å². The molecular weight excluding hydrogens is 172 g/mol. The second-order valence-corrected chi connectivity index (χ2v) is 5.34. The van der Waals surface area contributed by atoms with Crippen molar-refractivity contribution in [1.82, 2.24) is 10.2 Å². The minimum absolute atomic E-state index is 0.464. The Kier molecular flexibility index (Phi) is 6.38. The van der Waals surface area contributed by atoms with Crippen LogP contribution in [0.1, 0.15) is 40.5 Å². The normalized spacial score (nSPS) is 12.9. The van der Waals surface area contributed by atoms with Crippen molar-refractivity contribution in [2.75, 3.05) is 27.2 Å². The summed E-state index contributed by atoms with van der Waals surface area (Å²) in [5.74, 6) is 0. The van der Waals surface area contributed by atoms with E-state index in [1.165, 1.54) is 19.4 Å². The summed E-state index contributed by atoms with van der Waals surface area (Å²) in [6, 6.07) is 0.662. The Morgan fingerprint density at radius 1 is 1.21 bits per heavy atom. The van der Waals surface area contributed by atoms with E-state index in [4.69, 9.17) is 0 Å². The zero-order valence-electron chi connectivity index (χ0n) is 10.9. The van der Waals surface area contributed by atoms with Crippen LogP contribution in [0.3, 0.4) is 0 Å². The largest absolute Gasteiger partial charge is 0.320 e. The average Bonchev–Trinajstić information content (AvgIpc) is 2.11. The van der Waals surface area contributed by atoms with Crippen molar-refractivity contribution in [2.45, 2.75) is 46.6 Å². The zero-order valence-corrected chi connectivity index (χ0v) is 10.9. The van der Waals surface area contributed by atoms with Crippen molar-refractivity contribution in [3.05, 3.63) is 0 Å². The fraction of sp³-hybridized carbons (Fsp3) is 1.00. The molecule has 2 heteroatoms. The Morgan fingerprint density at radius 2 is 1.79 bits per heavy atom. The summed E-state index contributed by atoms with van der Waals surface area (Å²) < 4.78 is 0. The first kappa shape index (κ1) is 13.9. The third kappa shape index (κ3) is 6.39. The third-order valence-electron chi connectivity index (χ3n) is 3.07. The molecule has 14 heavy (non-hydrogen) atoms. The minimum Gasteiger partial charge on any atom is -0.320 e. The molecule has 86 valence electrons. The van der Waals surface area contributed by atoms with Crippen LogP contribution in [0.5, 0.6) is 0 Å². The predicted octanol–water partition coefficient (Wildman–Crippen LogP) is 2.35. The van der Waals surface area contributed by atoms with Crippen molar-refractivity contribution in [3.8, 4) is 0 Å². The summed E-state index contributed by atoms with van der Waals surface area (Å²) in [5.41, 5.74) is 0.464. The Labute approximate surface area is 90.1 Å². The van der Waals surface area contributed by atoms with Crippen LogP contribution in [0.4, 0.5) is 0 Å². The Bertz CT molecular complexity index is 141. The Hall–Kier alpha value is -0.0800. The lowest BCUT2D eigenvalue weighted by Gasteiger charge is -2.29. The standard InChI is InChI=1S/C12H28N2/c1-11(2)14(6)10-8-12(3,4)7-9-13-5/h11,13H,7-10H2,1-6H3. The summed E-state index contributed by atoms with van der Waals surface area (Å²) in [5, 5.41) is 3.22. The first-order chi connectivity index (χ1) is 6.39. The van der Waals surface area contributed by atoms with E-state index in [9.17, 15) is 0 Å². The molecule has 0 spiro atoms. The van der Waals surface area contributed by atoms with Crippen molar-refractivity contribution in [1.29, 1.82) is 0 Å². The molecule has 0 aromatic heterocycles. The topological polar surface area (TPSA) is 15.3 Å². The van der Waals surface area contributed by atoms with E-state index in [1.807, 2.05) is 7.05 Å². The van der Waals surface area contributed by atoms with E-state index in [-0.39, 0.29) is 0 Å². The highest BCUT2D eigenvalue weighted by Crippen LogP contribution is 2.24. The minimum atomic E-state index is 0.464. The first-order valence-corrected chi connectivity index (χ1v) is 5.74. The molecule has 0 rings (SSSR count). The molecule has 0 saturated carbocycles. The summed E-state index contributed by atoms with van der Waals surface area (Å²) in [7, 11) is 4.23. The highest BCUT2D eigenvalue weighted by atomic mass is 15.1. The molecule has 0 aromatic rings. The molecule has 0 radical (unpaired) electrons. The number of rotatable bonds is 7. The van der Waals surface area contributed by atoms with Gasteiger partial charge in [0.05, 0.1) is 0 Å². The number of hydrogen-bond acceptors (Lipinski definition) is 2. The van der Waals surface area contributed by atoms with Gasteiger partial charge in [0.2, 0.25) is 0 Å². The summed E-state index contributed by atoms with van der Waals surface area (Å²) in [6.07, 6.45) is 2.54. The maximum Gasteiger partial charge on any atom is 0.00355 e. The van der Waals surface area contributed by atoms with E-state index in [2.05, 4.69) is 45.0 Å². The fourth-order valence-corrected chi connectivity index (χ4v) is 1.33.